The summed E-state index contributed by atoms with van der Waals surface area (Å²) in [5, 5.41) is 3.15. The number of nitrogens with one attached hydrogen (secondary N) is 1. The third-order valence-corrected chi connectivity index (χ3v) is 7.02. The Labute approximate surface area is 134 Å². The summed E-state index contributed by atoms with van der Waals surface area (Å²) in [5.74, 6) is 0.815. The van der Waals surface area contributed by atoms with Gasteiger partial charge in [-0.15, -0.1) is 0 Å². The van der Waals surface area contributed by atoms with Gasteiger partial charge in [0.2, 0.25) is 15.9 Å². The monoisotopic (exact) mass is 330 g/mol. The molecule has 6 heteroatoms. The fourth-order valence-electron chi connectivity index (χ4n) is 3.52. The summed E-state index contributed by atoms with van der Waals surface area (Å²) < 4.78 is 25.9. The van der Waals surface area contributed by atoms with E-state index >= 15 is 0 Å². The van der Waals surface area contributed by atoms with Gasteiger partial charge >= 0.3 is 0 Å². The first kappa shape index (κ1) is 17.7. The van der Waals surface area contributed by atoms with Gasteiger partial charge in [-0.05, 0) is 50.9 Å². The lowest BCUT2D eigenvalue weighted by Gasteiger charge is -2.33. The van der Waals surface area contributed by atoms with Gasteiger partial charge in [0.15, 0.2) is 0 Å². The number of sulfonamides is 1. The van der Waals surface area contributed by atoms with Crippen molar-refractivity contribution in [3.05, 3.63) is 0 Å². The SMILES string of the molecule is CCCS(=O)(=O)N1CCCC(C(=O)NC2CCC(C)CC2)C1. The van der Waals surface area contributed by atoms with Crippen molar-refractivity contribution in [1.82, 2.24) is 9.62 Å². The van der Waals surface area contributed by atoms with E-state index in [9.17, 15) is 13.2 Å². The third kappa shape index (κ3) is 4.69. The van der Waals surface area contributed by atoms with Gasteiger partial charge < -0.3 is 5.32 Å². The Hall–Kier alpha value is -0.620. The average Bonchev–Trinajstić information content (AvgIpc) is 2.50. The second-order valence-corrected chi connectivity index (χ2v) is 9.07. The molecule has 1 unspecified atom stereocenters. The van der Waals surface area contributed by atoms with Crippen LogP contribution in [0.15, 0.2) is 0 Å². The lowest BCUT2D eigenvalue weighted by Crippen LogP contribution is -2.48. The van der Waals surface area contributed by atoms with E-state index in [0.29, 0.717) is 19.5 Å². The van der Waals surface area contributed by atoms with Crippen LogP contribution in [0.25, 0.3) is 0 Å². The van der Waals surface area contributed by atoms with Crippen molar-refractivity contribution in [2.45, 2.75) is 64.8 Å². The Morgan fingerprint density at radius 1 is 1.18 bits per heavy atom. The first-order valence-corrected chi connectivity index (χ1v) is 10.3. The van der Waals surface area contributed by atoms with Crippen LogP contribution in [0.5, 0.6) is 0 Å². The molecule has 1 aliphatic heterocycles. The van der Waals surface area contributed by atoms with Gasteiger partial charge in [0.25, 0.3) is 0 Å². The van der Waals surface area contributed by atoms with Gasteiger partial charge in [-0.2, -0.15) is 0 Å². The Balaban J connectivity index is 1.87. The first-order chi connectivity index (χ1) is 10.4. The Morgan fingerprint density at radius 2 is 1.86 bits per heavy atom. The van der Waals surface area contributed by atoms with E-state index in [1.54, 1.807) is 0 Å². The predicted octanol–water partition coefficient (Wildman–Crippen LogP) is 2.13. The van der Waals surface area contributed by atoms with Gasteiger partial charge in [-0.25, -0.2) is 12.7 Å². The van der Waals surface area contributed by atoms with Crippen LogP contribution in [-0.2, 0) is 14.8 Å². The minimum absolute atomic E-state index is 0.0518. The fraction of sp³-hybridized carbons (Fsp3) is 0.938. The standard InChI is InChI=1S/C16H30N2O3S/c1-3-11-22(20,21)18-10-4-5-14(12-18)16(19)17-15-8-6-13(2)7-9-15/h13-15H,3-12H2,1-2H3,(H,17,19). The number of rotatable bonds is 5. The van der Waals surface area contributed by atoms with Gasteiger partial charge in [-0.3, -0.25) is 4.79 Å². The molecule has 22 heavy (non-hydrogen) atoms. The molecule has 1 N–H and O–H groups in total. The van der Waals surface area contributed by atoms with Crippen LogP contribution < -0.4 is 5.32 Å². The third-order valence-electron chi connectivity index (χ3n) is 4.97. The fourth-order valence-corrected chi connectivity index (χ4v) is 5.11. The number of amides is 1. The maximum atomic E-state index is 12.4. The highest BCUT2D eigenvalue weighted by Crippen LogP contribution is 2.25. The first-order valence-electron chi connectivity index (χ1n) is 8.70. The molecular formula is C16H30N2O3S. The summed E-state index contributed by atoms with van der Waals surface area (Å²) in [7, 11) is -3.19. The van der Waals surface area contributed by atoms with Crippen LogP contribution in [0, 0.1) is 11.8 Å². The zero-order valence-electron chi connectivity index (χ0n) is 13.9. The van der Waals surface area contributed by atoms with E-state index in [1.165, 1.54) is 17.1 Å². The molecule has 2 aliphatic rings. The highest BCUT2D eigenvalue weighted by atomic mass is 32.2. The van der Waals surface area contributed by atoms with Gasteiger partial charge in [0.1, 0.15) is 0 Å². The van der Waals surface area contributed by atoms with Crippen LogP contribution in [0.4, 0.5) is 0 Å². The van der Waals surface area contributed by atoms with Crippen molar-refractivity contribution < 1.29 is 13.2 Å². The molecule has 1 atom stereocenters. The number of carbonyl (C=O) groups excluding carboxylic acids is 1. The largest absolute Gasteiger partial charge is 0.353 e. The number of carbonyl (C=O) groups is 1. The van der Waals surface area contributed by atoms with Crippen molar-refractivity contribution in [3.63, 3.8) is 0 Å². The van der Waals surface area contributed by atoms with E-state index in [1.807, 2.05) is 6.92 Å². The molecule has 1 heterocycles. The maximum Gasteiger partial charge on any atom is 0.224 e. The van der Waals surface area contributed by atoms with E-state index in [0.717, 1.165) is 31.6 Å². The van der Waals surface area contributed by atoms with Crippen molar-refractivity contribution in [1.29, 1.82) is 0 Å². The Kier molecular flexibility index (Phi) is 6.26. The Bertz CT molecular complexity index is 470. The summed E-state index contributed by atoms with van der Waals surface area (Å²) in [6.45, 7) is 5.05. The molecule has 0 bridgehead atoms. The average molecular weight is 330 g/mol. The van der Waals surface area contributed by atoms with Gasteiger partial charge in [0, 0.05) is 19.1 Å². The van der Waals surface area contributed by atoms with Crippen LogP contribution in [0.3, 0.4) is 0 Å². The van der Waals surface area contributed by atoms with E-state index in [-0.39, 0.29) is 23.6 Å². The van der Waals surface area contributed by atoms with E-state index < -0.39 is 10.0 Å². The van der Waals surface area contributed by atoms with Crippen molar-refractivity contribution >= 4 is 15.9 Å². The van der Waals surface area contributed by atoms with Crippen LogP contribution in [-0.4, -0.2) is 43.5 Å². The highest BCUT2D eigenvalue weighted by Gasteiger charge is 2.32. The molecule has 1 aliphatic carbocycles. The molecule has 2 rings (SSSR count). The smallest absolute Gasteiger partial charge is 0.224 e. The molecule has 1 saturated carbocycles. The second kappa shape index (κ2) is 7.77. The zero-order valence-corrected chi connectivity index (χ0v) is 14.7. The van der Waals surface area contributed by atoms with E-state index in [4.69, 9.17) is 0 Å². The zero-order chi connectivity index (χ0) is 16.2. The summed E-state index contributed by atoms with van der Waals surface area (Å²) in [5.41, 5.74) is 0. The number of hydrogen-bond acceptors (Lipinski definition) is 3. The second-order valence-electron chi connectivity index (χ2n) is 6.98. The van der Waals surface area contributed by atoms with Crippen molar-refractivity contribution in [2.75, 3.05) is 18.8 Å². The molecule has 0 aromatic rings. The lowest BCUT2D eigenvalue weighted by atomic mass is 9.87. The number of piperidine rings is 1. The molecule has 0 radical (unpaired) electrons. The molecule has 5 nitrogen and oxygen atoms in total. The Morgan fingerprint density at radius 3 is 2.50 bits per heavy atom. The molecule has 0 aromatic carbocycles. The van der Waals surface area contributed by atoms with Gasteiger partial charge in [0.05, 0.1) is 11.7 Å². The predicted molar refractivity (Wildman–Crippen MR) is 87.9 cm³/mol. The normalized spacial score (nSPS) is 30.9. The highest BCUT2D eigenvalue weighted by molar-refractivity contribution is 7.89. The number of hydrogen-bond donors (Lipinski definition) is 1. The molecular weight excluding hydrogens is 300 g/mol. The molecule has 128 valence electrons. The van der Waals surface area contributed by atoms with Crippen LogP contribution >= 0.6 is 0 Å². The van der Waals surface area contributed by atoms with Gasteiger partial charge in [-0.1, -0.05) is 13.8 Å². The molecule has 0 aromatic heterocycles. The molecule has 0 spiro atoms. The topological polar surface area (TPSA) is 66.5 Å². The maximum absolute atomic E-state index is 12.4. The molecule has 1 amide bonds. The van der Waals surface area contributed by atoms with Crippen molar-refractivity contribution in [3.8, 4) is 0 Å². The van der Waals surface area contributed by atoms with Crippen LogP contribution in [0.1, 0.15) is 58.8 Å². The van der Waals surface area contributed by atoms with Crippen molar-refractivity contribution in [2.24, 2.45) is 11.8 Å². The summed E-state index contributed by atoms with van der Waals surface area (Å²) >= 11 is 0. The summed E-state index contributed by atoms with van der Waals surface area (Å²) in [6, 6.07) is 0.284. The number of nitrogens with zero attached hydrogens (tertiary/aromatic N) is 1. The summed E-state index contributed by atoms with van der Waals surface area (Å²) in [4.78, 5) is 12.4. The minimum atomic E-state index is -3.19. The quantitative estimate of drug-likeness (QED) is 0.840. The molecule has 2 fully saturated rings. The van der Waals surface area contributed by atoms with Crippen LogP contribution in [0.2, 0.25) is 0 Å². The molecule has 1 saturated heterocycles. The minimum Gasteiger partial charge on any atom is -0.353 e. The van der Waals surface area contributed by atoms with E-state index in [2.05, 4.69) is 12.2 Å². The lowest BCUT2D eigenvalue weighted by molar-refractivity contribution is -0.127. The summed E-state index contributed by atoms with van der Waals surface area (Å²) in [6.07, 6.45) is 6.65.